The van der Waals surface area contributed by atoms with Crippen molar-refractivity contribution in [2.24, 2.45) is 5.41 Å². The van der Waals surface area contributed by atoms with E-state index in [9.17, 15) is 9.50 Å². The van der Waals surface area contributed by atoms with Gasteiger partial charge in [-0.3, -0.25) is 0 Å². The maximum atomic E-state index is 12.8. The normalized spacial score (nSPS) is 15.6. The van der Waals surface area contributed by atoms with Gasteiger partial charge >= 0.3 is 0 Å². The topological polar surface area (TPSA) is 32.3 Å². The highest BCUT2D eigenvalue weighted by Gasteiger charge is 2.22. The molecule has 0 spiro atoms. The molecule has 0 aliphatic carbocycles. The highest BCUT2D eigenvalue weighted by Crippen LogP contribution is 2.19. The Morgan fingerprint density at radius 1 is 1.24 bits per heavy atom. The van der Waals surface area contributed by atoms with E-state index in [1.165, 1.54) is 12.1 Å². The molecule has 2 N–H and O–H groups in total. The van der Waals surface area contributed by atoms with Crippen LogP contribution in [0.3, 0.4) is 0 Å². The second-order valence-corrected chi connectivity index (χ2v) is 5.56. The van der Waals surface area contributed by atoms with Gasteiger partial charge in [-0.1, -0.05) is 32.9 Å². The van der Waals surface area contributed by atoms with Gasteiger partial charge in [0.25, 0.3) is 0 Å². The third-order valence-electron chi connectivity index (χ3n) is 2.99. The molecule has 3 heteroatoms. The molecule has 2 atom stereocenters. The Hall–Kier alpha value is -0.930. The van der Waals surface area contributed by atoms with Crippen molar-refractivity contribution in [3.8, 4) is 0 Å². The first kappa shape index (κ1) is 14.1. The molecule has 0 saturated heterocycles. The largest absolute Gasteiger partial charge is 0.391 e. The van der Waals surface area contributed by atoms with E-state index in [0.717, 1.165) is 5.56 Å². The van der Waals surface area contributed by atoms with Crippen LogP contribution in [0.2, 0.25) is 0 Å². The van der Waals surface area contributed by atoms with Gasteiger partial charge in [0.05, 0.1) is 6.10 Å². The number of aliphatic hydroxyl groups excluding tert-OH is 1. The van der Waals surface area contributed by atoms with Gasteiger partial charge in [0.1, 0.15) is 5.82 Å². The lowest BCUT2D eigenvalue weighted by Gasteiger charge is -2.27. The lowest BCUT2D eigenvalue weighted by molar-refractivity contribution is 0.0609. The van der Waals surface area contributed by atoms with Crippen molar-refractivity contribution in [3.05, 3.63) is 35.6 Å². The zero-order valence-electron chi connectivity index (χ0n) is 11.0. The molecule has 0 aromatic heterocycles. The van der Waals surface area contributed by atoms with Crippen LogP contribution in [-0.4, -0.2) is 17.8 Å². The van der Waals surface area contributed by atoms with Crippen molar-refractivity contribution >= 4 is 0 Å². The number of benzene rings is 1. The molecule has 0 bridgehead atoms. The van der Waals surface area contributed by atoms with Gasteiger partial charge in [0, 0.05) is 12.6 Å². The Labute approximate surface area is 103 Å². The summed E-state index contributed by atoms with van der Waals surface area (Å²) >= 11 is 0. The van der Waals surface area contributed by atoms with Crippen molar-refractivity contribution in [2.75, 3.05) is 6.54 Å². The summed E-state index contributed by atoms with van der Waals surface area (Å²) in [4.78, 5) is 0. The summed E-state index contributed by atoms with van der Waals surface area (Å²) in [6, 6.07) is 6.53. The molecule has 1 aromatic rings. The summed E-state index contributed by atoms with van der Waals surface area (Å²) in [6.45, 7) is 8.54. The van der Waals surface area contributed by atoms with Gasteiger partial charge < -0.3 is 10.4 Å². The van der Waals surface area contributed by atoms with Gasteiger partial charge in [-0.25, -0.2) is 4.39 Å². The predicted octanol–water partition coefficient (Wildman–Crippen LogP) is 2.88. The van der Waals surface area contributed by atoms with Crippen LogP contribution < -0.4 is 5.32 Å². The average Bonchev–Trinajstić information content (AvgIpc) is 2.25. The lowest BCUT2D eigenvalue weighted by Crippen LogP contribution is -2.37. The molecular weight excluding hydrogens is 217 g/mol. The van der Waals surface area contributed by atoms with E-state index in [-0.39, 0.29) is 17.3 Å². The van der Waals surface area contributed by atoms with E-state index in [2.05, 4.69) is 5.32 Å². The van der Waals surface area contributed by atoms with Gasteiger partial charge in [0.2, 0.25) is 0 Å². The van der Waals surface area contributed by atoms with E-state index in [1.54, 1.807) is 12.1 Å². The number of nitrogens with one attached hydrogen (secondary N) is 1. The molecule has 1 aromatic carbocycles. The molecule has 0 aliphatic heterocycles. The van der Waals surface area contributed by atoms with Gasteiger partial charge in [-0.05, 0) is 30.0 Å². The summed E-state index contributed by atoms with van der Waals surface area (Å²) in [5.41, 5.74) is 0.891. The maximum absolute atomic E-state index is 12.8. The molecule has 0 heterocycles. The average molecular weight is 239 g/mol. The Morgan fingerprint density at radius 2 is 1.76 bits per heavy atom. The van der Waals surface area contributed by atoms with Crippen LogP contribution in [0.4, 0.5) is 4.39 Å². The third kappa shape index (κ3) is 4.44. The molecular formula is C14H22FNO. The van der Waals surface area contributed by atoms with Crippen molar-refractivity contribution in [3.63, 3.8) is 0 Å². The highest BCUT2D eigenvalue weighted by molar-refractivity contribution is 5.19. The first-order chi connectivity index (χ1) is 7.80. The van der Waals surface area contributed by atoms with Crippen molar-refractivity contribution in [2.45, 2.75) is 39.8 Å². The molecule has 96 valence electrons. The summed E-state index contributed by atoms with van der Waals surface area (Å²) in [7, 11) is 0. The first-order valence-corrected chi connectivity index (χ1v) is 5.97. The van der Waals surface area contributed by atoms with Crippen LogP contribution in [0, 0.1) is 11.2 Å². The van der Waals surface area contributed by atoms with E-state index < -0.39 is 6.10 Å². The molecule has 0 amide bonds. The standard InChI is InChI=1S/C14H22FNO/c1-10(11-5-7-12(15)8-6-11)16-9-13(17)14(2,3)4/h5-8,10,13,16-17H,9H2,1-4H3/t10-,13?/m1/s1. The molecule has 2 nitrogen and oxygen atoms in total. The van der Waals surface area contributed by atoms with Crippen molar-refractivity contribution in [1.29, 1.82) is 0 Å². The summed E-state index contributed by atoms with van der Waals surface area (Å²) < 4.78 is 12.8. The van der Waals surface area contributed by atoms with Crippen molar-refractivity contribution in [1.82, 2.24) is 5.32 Å². The fourth-order valence-electron chi connectivity index (χ4n) is 1.46. The van der Waals surface area contributed by atoms with E-state index in [1.807, 2.05) is 27.7 Å². The van der Waals surface area contributed by atoms with Crippen LogP contribution in [0.25, 0.3) is 0 Å². The van der Waals surface area contributed by atoms with Crippen LogP contribution in [0.1, 0.15) is 39.3 Å². The molecule has 17 heavy (non-hydrogen) atoms. The molecule has 0 fully saturated rings. The second-order valence-electron chi connectivity index (χ2n) is 5.56. The number of aliphatic hydroxyl groups is 1. The lowest BCUT2D eigenvalue weighted by atomic mass is 9.89. The monoisotopic (exact) mass is 239 g/mol. The minimum absolute atomic E-state index is 0.104. The minimum Gasteiger partial charge on any atom is -0.391 e. The Kier molecular flexibility index (Phi) is 4.66. The minimum atomic E-state index is -0.398. The zero-order chi connectivity index (χ0) is 13.1. The number of halogens is 1. The van der Waals surface area contributed by atoms with Crippen LogP contribution in [0.15, 0.2) is 24.3 Å². The van der Waals surface area contributed by atoms with Crippen LogP contribution in [0.5, 0.6) is 0 Å². The van der Waals surface area contributed by atoms with E-state index in [4.69, 9.17) is 0 Å². The summed E-state index contributed by atoms with van der Waals surface area (Å²) in [6.07, 6.45) is -0.398. The maximum Gasteiger partial charge on any atom is 0.123 e. The molecule has 0 aliphatic rings. The SMILES string of the molecule is C[C@@H](NCC(O)C(C)(C)C)c1ccc(F)cc1. The third-order valence-corrected chi connectivity index (χ3v) is 2.99. The van der Waals surface area contributed by atoms with Gasteiger partial charge in [-0.2, -0.15) is 0 Å². The van der Waals surface area contributed by atoms with Crippen molar-refractivity contribution < 1.29 is 9.50 Å². The molecule has 0 radical (unpaired) electrons. The van der Waals surface area contributed by atoms with Gasteiger partial charge in [-0.15, -0.1) is 0 Å². The predicted molar refractivity (Wildman–Crippen MR) is 68.3 cm³/mol. The fraction of sp³-hybridized carbons (Fsp3) is 0.571. The smallest absolute Gasteiger partial charge is 0.123 e. The Morgan fingerprint density at radius 3 is 2.24 bits per heavy atom. The first-order valence-electron chi connectivity index (χ1n) is 5.97. The number of hydrogen-bond acceptors (Lipinski definition) is 2. The number of rotatable bonds is 4. The molecule has 0 saturated carbocycles. The van der Waals surface area contributed by atoms with E-state index >= 15 is 0 Å². The van der Waals surface area contributed by atoms with Crippen LogP contribution >= 0.6 is 0 Å². The molecule has 1 unspecified atom stereocenters. The highest BCUT2D eigenvalue weighted by atomic mass is 19.1. The Bertz CT molecular complexity index is 342. The summed E-state index contributed by atoms with van der Waals surface area (Å²) in [5, 5.41) is 13.2. The van der Waals surface area contributed by atoms with Gasteiger partial charge in [0.15, 0.2) is 0 Å². The number of hydrogen-bond donors (Lipinski definition) is 2. The summed E-state index contributed by atoms with van der Waals surface area (Å²) in [5.74, 6) is -0.226. The fourth-order valence-corrected chi connectivity index (χ4v) is 1.46. The van der Waals surface area contributed by atoms with E-state index in [0.29, 0.717) is 6.54 Å². The quantitative estimate of drug-likeness (QED) is 0.846. The zero-order valence-corrected chi connectivity index (χ0v) is 11.0. The Balaban J connectivity index is 2.50. The molecule has 1 rings (SSSR count). The van der Waals surface area contributed by atoms with Crippen LogP contribution in [-0.2, 0) is 0 Å². The second kappa shape index (κ2) is 5.61.